The summed E-state index contributed by atoms with van der Waals surface area (Å²) in [5, 5.41) is 11.5. The molecule has 13 heavy (non-hydrogen) atoms. The van der Waals surface area contributed by atoms with Gasteiger partial charge in [0, 0.05) is 27.1 Å². The van der Waals surface area contributed by atoms with Crippen molar-refractivity contribution in [2.24, 2.45) is 7.05 Å². The van der Waals surface area contributed by atoms with Crippen LogP contribution in [-0.4, -0.2) is 35.3 Å². The van der Waals surface area contributed by atoms with Gasteiger partial charge < -0.3 is 10.1 Å². The lowest BCUT2D eigenvalue weighted by Crippen LogP contribution is -2.33. The highest BCUT2D eigenvalue weighted by Gasteiger charge is 2.24. The Labute approximate surface area is 77.1 Å². The number of rotatable bonds is 2. The van der Waals surface area contributed by atoms with Gasteiger partial charge >= 0.3 is 0 Å². The minimum atomic E-state index is 0.211. The Kier molecular flexibility index (Phi) is 2.28. The van der Waals surface area contributed by atoms with Crippen LogP contribution in [0.5, 0.6) is 0 Å². The standard InChI is InChI=1S/C8H14N4O/c1-12-7-3-4-9-6(5-13-2)8(7)10-11-12/h6,9H,3-5H2,1-2H3. The summed E-state index contributed by atoms with van der Waals surface area (Å²) in [5.74, 6) is 0. The lowest BCUT2D eigenvalue weighted by atomic mass is 10.1. The van der Waals surface area contributed by atoms with E-state index in [0.29, 0.717) is 6.61 Å². The number of aromatic nitrogens is 3. The van der Waals surface area contributed by atoms with Crippen LogP contribution in [0.2, 0.25) is 0 Å². The molecule has 1 aromatic heterocycles. The second kappa shape index (κ2) is 3.43. The van der Waals surface area contributed by atoms with Crippen LogP contribution in [0.4, 0.5) is 0 Å². The summed E-state index contributed by atoms with van der Waals surface area (Å²) in [7, 11) is 3.63. The van der Waals surface area contributed by atoms with E-state index < -0.39 is 0 Å². The zero-order valence-corrected chi connectivity index (χ0v) is 7.95. The van der Waals surface area contributed by atoms with Crippen LogP contribution in [0, 0.1) is 0 Å². The highest BCUT2D eigenvalue weighted by Crippen LogP contribution is 2.19. The molecule has 1 unspecified atom stereocenters. The summed E-state index contributed by atoms with van der Waals surface area (Å²) in [6.07, 6.45) is 0.999. The number of aryl methyl sites for hydroxylation is 1. The molecule has 2 rings (SSSR count). The normalized spacial score (nSPS) is 21.5. The molecule has 0 saturated heterocycles. The number of nitrogens with zero attached hydrogens (tertiary/aromatic N) is 3. The maximum Gasteiger partial charge on any atom is 0.105 e. The molecule has 0 aromatic carbocycles. The number of nitrogens with one attached hydrogen (secondary N) is 1. The van der Waals surface area contributed by atoms with Crippen LogP contribution >= 0.6 is 0 Å². The zero-order valence-electron chi connectivity index (χ0n) is 7.95. The van der Waals surface area contributed by atoms with E-state index in [1.807, 2.05) is 11.7 Å². The van der Waals surface area contributed by atoms with Gasteiger partial charge in [-0.05, 0) is 0 Å². The lowest BCUT2D eigenvalue weighted by molar-refractivity contribution is 0.162. The molecular formula is C8H14N4O. The average Bonchev–Trinajstić information content (AvgIpc) is 2.50. The van der Waals surface area contributed by atoms with Crippen molar-refractivity contribution < 1.29 is 4.74 Å². The van der Waals surface area contributed by atoms with Gasteiger partial charge in [0.15, 0.2) is 0 Å². The van der Waals surface area contributed by atoms with Gasteiger partial charge in [0.05, 0.1) is 18.3 Å². The predicted octanol–water partition coefficient (Wildman–Crippen LogP) is -0.352. The topological polar surface area (TPSA) is 52.0 Å². The first-order valence-electron chi connectivity index (χ1n) is 4.43. The van der Waals surface area contributed by atoms with Crippen molar-refractivity contribution in [2.75, 3.05) is 20.3 Å². The number of ether oxygens (including phenoxy) is 1. The summed E-state index contributed by atoms with van der Waals surface area (Å²) < 4.78 is 6.95. The van der Waals surface area contributed by atoms with Gasteiger partial charge in [0.2, 0.25) is 0 Å². The van der Waals surface area contributed by atoms with Gasteiger partial charge in [-0.25, -0.2) is 0 Å². The third kappa shape index (κ3) is 1.45. The van der Waals surface area contributed by atoms with Crippen molar-refractivity contribution in [1.82, 2.24) is 20.3 Å². The Morgan fingerprint density at radius 2 is 2.54 bits per heavy atom. The molecule has 1 atom stereocenters. The average molecular weight is 182 g/mol. The summed E-state index contributed by atoms with van der Waals surface area (Å²) in [6, 6.07) is 0.211. The molecule has 1 aliphatic heterocycles. The van der Waals surface area contributed by atoms with Crippen LogP contribution < -0.4 is 5.32 Å². The quantitative estimate of drug-likeness (QED) is 0.679. The monoisotopic (exact) mass is 182 g/mol. The van der Waals surface area contributed by atoms with Gasteiger partial charge in [-0.2, -0.15) is 0 Å². The van der Waals surface area contributed by atoms with E-state index in [1.165, 1.54) is 5.69 Å². The number of methoxy groups -OCH3 is 1. The third-order valence-corrected chi connectivity index (χ3v) is 2.39. The van der Waals surface area contributed by atoms with Crippen LogP contribution in [0.15, 0.2) is 0 Å². The summed E-state index contributed by atoms with van der Waals surface area (Å²) >= 11 is 0. The van der Waals surface area contributed by atoms with Crippen LogP contribution in [0.25, 0.3) is 0 Å². The molecule has 72 valence electrons. The molecular weight excluding hydrogens is 168 g/mol. The zero-order chi connectivity index (χ0) is 9.26. The van der Waals surface area contributed by atoms with E-state index >= 15 is 0 Å². The number of hydrogen-bond acceptors (Lipinski definition) is 4. The Bertz CT molecular complexity index is 296. The van der Waals surface area contributed by atoms with E-state index in [-0.39, 0.29) is 6.04 Å². The summed E-state index contributed by atoms with van der Waals surface area (Å²) in [6.45, 7) is 1.63. The molecule has 2 heterocycles. The van der Waals surface area contributed by atoms with Crippen molar-refractivity contribution in [3.63, 3.8) is 0 Å². The van der Waals surface area contributed by atoms with Crippen molar-refractivity contribution in [1.29, 1.82) is 0 Å². The minimum absolute atomic E-state index is 0.211. The minimum Gasteiger partial charge on any atom is -0.383 e. The molecule has 0 spiro atoms. The summed E-state index contributed by atoms with van der Waals surface area (Å²) in [4.78, 5) is 0. The van der Waals surface area contributed by atoms with E-state index in [0.717, 1.165) is 18.7 Å². The van der Waals surface area contributed by atoms with E-state index in [9.17, 15) is 0 Å². The molecule has 0 saturated carbocycles. The molecule has 1 aromatic rings. The highest BCUT2D eigenvalue weighted by atomic mass is 16.5. The maximum absolute atomic E-state index is 5.11. The van der Waals surface area contributed by atoms with Gasteiger partial charge in [0.1, 0.15) is 5.69 Å². The Hall–Kier alpha value is -0.940. The first-order chi connectivity index (χ1) is 6.33. The molecule has 0 aliphatic carbocycles. The van der Waals surface area contributed by atoms with Crippen molar-refractivity contribution >= 4 is 0 Å². The predicted molar refractivity (Wildman–Crippen MR) is 47.3 cm³/mol. The van der Waals surface area contributed by atoms with E-state index in [2.05, 4.69) is 15.6 Å². The molecule has 0 amide bonds. The van der Waals surface area contributed by atoms with Crippen molar-refractivity contribution in [2.45, 2.75) is 12.5 Å². The lowest BCUT2D eigenvalue weighted by Gasteiger charge is -2.21. The Balaban J connectivity index is 2.27. The molecule has 1 N–H and O–H groups in total. The second-order valence-corrected chi connectivity index (χ2v) is 3.26. The van der Waals surface area contributed by atoms with Gasteiger partial charge in [-0.3, -0.25) is 4.68 Å². The van der Waals surface area contributed by atoms with Crippen LogP contribution in [0.3, 0.4) is 0 Å². The van der Waals surface area contributed by atoms with Crippen molar-refractivity contribution in [3.8, 4) is 0 Å². The van der Waals surface area contributed by atoms with E-state index in [1.54, 1.807) is 7.11 Å². The van der Waals surface area contributed by atoms with Gasteiger partial charge in [-0.1, -0.05) is 5.21 Å². The molecule has 0 radical (unpaired) electrons. The summed E-state index contributed by atoms with van der Waals surface area (Å²) in [5.41, 5.74) is 2.26. The first-order valence-corrected chi connectivity index (χ1v) is 4.43. The fourth-order valence-corrected chi connectivity index (χ4v) is 1.72. The maximum atomic E-state index is 5.11. The second-order valence-electron chi connectivity index (χ2n) is 3.26. The molecule has 5 nitrogen and oxygen atoms in total. The first kappa shape index (κ1) is 8.65. The fraction of sp³-hybridized carbons (Fsp3) is 0.750. The third-order valence-electron chi connectivity index (χ3n) is 2.39. The molecule has 0 fully saturated rings. The highest BCUT2D eigenvalue weighted by molar-refractivity contribution is 5.18. The van der Waals surface area contributed by atoms with Crippen LogP contribution in [-0.2, 0) is 18.2 Å². The smallest absolute Gasteiger partial charge is 0.105 e. The van der Waals surface area contributed by atoms with E-state index in [4.69, 9.17) is 4.74 Å². The Morgan fingerprint density at radius 3 is 3.31 bits per heavy atom. The van der Waals surface area contributed by atoms with Gasteiger partial charge in [0.25, 0.3) is 0 Å². The Morgan fingerprint density at radius 1 is 1.69 bits per heavy atom. The van der Waals surface area contributed by atoms with Gasteiger partial charge in [-0.15, -0.1) is 5.10 Å². The largest absolute Gasteiger partial charge is 0.383 e. The fourth-order valence-electron chi connectivity index (χ4n) is 1.72. The molecule has 0 bridgehead atoms. The molecule has 1 aliphatic rings. The molecule has 5 heteroatoms. The van der Waals surface area contributed by atoms with Crippen LogP contribution in [0.1, 0.15) is 17.4 Å². The SMILES string of the molecule is COCC1NCCc2c1nnn2C. The number of hydrogen-bond donors (Lipinski definition) is 1. The number of fused-ring (bicyclic) bond motifs is 1. The van der Waals surface area contributed by atoms with Crippen molar-refractivity contribution in [3.05, 3.63) is 11.4 Å².